The van der Waals surface area contributed by atoms with Crippen LogP contribution in [0.5, 0.6) is 11.5 Å². The van der Waals surface area contributed by atoms with E-state index >= 15 is 0 Å². The van der Waals surface area contributed by atoms with Crippen molar-refractivity contribution >= 4 is 17.2 Å². The molecule has 0 amide bonds. The molecule has 88 valence electrons. The van der Waals surface area contributed by atoms with Gasteiger partial charge in [0.25, 0.3) is 0 Å². The third-order valence-electron chi connectivity index (χ3n) is 2.01. The summed E-state index contributed by atoms with van der Waals surface area (Å²) in [6, 6.07) is 7.44. The Hall–Kier alpha value is -1.29. The van der Waals surface area contributed by atoms with Gasteiger partial charge in [-0.25, -0.2) is 0 Å². The first-order valence-corrected chi connectivity index (χ1v) is 5.73. The van der Waals surface area contributed by atoms with E-state index in [-0.39, 0.29) is 6.10 Å². The average Bonchev–Trinajstić information content (AvgIpc) is 2.28. The highest BCUT2D eigenvalue weighted by Crippen LogP contribution is 2.18. The number of ether oxygens (including phenoxy) is 2. The number of rotatable bonds is 6. The number of nitrogens with two attached hydrogens (primary N) is 1. The first-order valence-electron chi connectivity index (χ1n) is 5.32. The van der Waals surface area contributed by atoms with Gasteiger partial charge in [0.2, 0.25) is 0 Å². The summed E-state index contributed by atoms with van der Waals surface area (Å²) in [5, 5.41) is 0. The summed E-state index contributed by atoms with van der Waals surface area (Å²) in [4.78, 5) is 0.353. The van der Waals surface area contributed by atoms with E-state index < -0.39 is 0 Å². The molecule has 1 unspecified atom stereocenters. The summed E-state index contributed by atoms with van der Waals surface area (Å²) in [6.45, 7) is 4.62. The molecule has 0 aliphatic heterocycles. The maximum absolute atomic E-state index is 5.51. The SMILES string of the molecule is CCCOc1ccc(OC(C)C(N)=S)cc1. The monoisotopic (exact) mass is 239 g/mol. The van der Waals surface area contributed by atoms with Gasteiger partial charge in [-0.3, -0.25) is 0 Å². The summed E-state index contributed by atoms with van der Waals surface area (Å²) in [5.74, 6) is 1.58. The van der Waals surface area contributed by atoms with E-state index in [0.717, 1.165) is 24.5 Å². The Morgan fingerprint density at radius 3 is 2.38 bits per heavy atom. The largest absolute Gasteiger partial charge is 0.494 e. The van der Waals surface area contributed by atoms with Gasteiger partial charge < -0.3 is 15.2 Å². The second-order valence-electron chi connectivity index (χ2n) is 3.48. The predicted molar refractivity (Wildman–Crippen MR) is 69.1 cm³/mol. The Morgan fingerprint density at radius 2 is 1.88 bits per heavy atom. The molecule has 0 aliphatic carbocycles. The molecule has 2 N–H and O–H groups in total. The fourth-order valence-electron chi connectivity index (χ4n) is 1.10. The Kier molecular flexibility index (Phi) is 5.05. The van der Waals surface area contributed by atoms with E-state index in [1.165, 1.54) is 0 Å². The fourth-order valence-corrected chi connectivity index (χ4v) is 1.14. The minimum Gasteiger partial charge on any atom is -0.494 e. The van der Waals surface area contributed by atoms with Crippen molar-refractivity contribution in [2.45, 2.75) is 26.4 Å². The van der Waals surface area contributed by atoms with Crippen molar-refractivity contribution in [1.82, 2.24) is 0 Å². The van der Waals surface area contributed by atoms with E-state index in [4.69, 9.17) is 27.4 Å². The summed E-state index contributed by atoms with van der Waals surface area (Å²) < 4.78 is 11.0. The predicted octanol–water partition coefficient (Wildman–Crippen LogP) is 2.53. The molecule has 1 rings (SSSR count). The summed E-state index contributed by atoms with van der Waals surface area (Å²) in [6.07, 6.45) is 0.744. The van der Waals surface area contributed by atoms with Gasteiger partial charge in [0.1, 0.15) is 22.6 Å². The van der Waals surface area contributed by atoms with Crippen LogP contribution in [0.25, 0.3) is 0 Å². The van der Waals surface area contributed by atoms with Gasteiger partial charge in [0.05, 0.1) is 6.61 Å². The summed E-state index contributed by atoms with van der Waals surface area (Å²) >= 11 is 4.83. The van der Waals surface area contributed by atoms with Crippen LogP contribution >= 0.6 is 12.2 Å². The third kappa shape index (κ3) is 4.06. The number of benzene rings is 1. The molecule has 1 atom stereocenters. The quantitative estimate of drug-likeness (QED) is 0.775. The lowest BCUT2D eigenvalue weighted by Crippen LogP contribution is -2.28. The molecule has 0 aromatic heterocycles. The second-order valence-corrected chi connectivity index (χ2v) is 3.95. The highest BCUT2D eigenvalue weighted by Gasteiger charge is 2.06. The first kappa shape index (κ1) is 12.8. The number of hydrogen-bond donors (Lipinski definition) is 1. The maximum atomic E-state index is 5.51. The zero-order valence-electron chi connectivity index (χ0n) is 9.60. The van der Waals surface area contributed by atoms with Crippen LogP contribution in [-0.2, 0) is 0 Å². The second kappa shape index (κ2) is 6.33. The van der Waals surface area contributed by atoms with Gasteiger partial charge >= 0.3 is 0 Å². The first-order chi connectivity index (χ1) is 7.63. The van der Waals surface area contributed by atoms with Crippen LogP contribution in [0.1, 0.15) is 20.3 Å². The molecular formula is C12H17NO2S. The van der Waals surface area contributed by atoms with Crippen molar-refractivity contribution in [2.24, 2.45) is 5.73 Å². The molecular weight excluding hydrogens is 222 g/mol. The lowest BCUT2D eigenvalue weighted by atomic mass is 10.3. The highest BCUT2D eigenvalue weighted by molar-refractivity contribution is 7.80. The normalized spacial score (nSPS) is 11.9. The maximum Gasteiger partial charge on any atom is 0.145 e. The van der Waals surface area contributed by atoms with E-state index in [9.17, 15) is 0 Å². The fraction of sp³-hybridized carbons (Fsp3) is 0.417. The molecule has 3 nitrogen and oxygen atoms in total. The Labute approximate surface area is 102 Å². The smallest absolute Gasteiger partial charge is 0.145 e. The molecule has 4 heteroatoms. The highest BCUT2D eigenvalue weighted by atomic mass is 32.1. The molecule has 0 spiro atoms. The van der Waals surface area contributed by atoms with Crippen LogP contribution in [0, 0.1) is 0 Å². The van der Waals surface area contributed by atoms with Crippen molar-refractivity contribution in [1.29, 1.82) is 0 Å². The molecule has 1 aromatic rings. The molecule has 0 heterocycles. The summed E-state index contributed by atoms with van der Waals surface area (Å²) in [5.41, 5.74) is 5.46. The lowest BCUT2D eigenvalue weighted by molar-refractivity contribution is 0.286. The standard InChI is InChI=1S/C12H17NO2S/c1-3-8-14-10-4-6-11(7-5-10)15-9(2)12(13)16/h4-7,9H,3,8H2,1-2H3,(H2,13,16). The minimum absolute atomic E-state index is 0.252. The van der Waals surface area contributed by atoms with Gasteiger partial charge in [-0.05, 0) is 37.6 Å². The van der Waals surface area contributed by atoms with Crippen molar-refractivity contribution < 1.29 is 9.47 Å². The average molecular weight is 239 g/mol. The summed E-state index contributed by atoms with van der Waals surface area (Å²) in [7, 11) is 0. The molecule has 0 bridgehead atoms. The van der Waals surface area contributed by atoms with Gasteiger partial charge in [0, 0.05) is 0 Å². The van der Waals surface area contributed by atoms with Gasteiger partial charge in [-0.1, -0.05) is 19.1 Å². The number of thiocarbonyl (C=S) groups is 1. The molecule has 0 saturated heterocycles. The molecule has 0 saturated carbocycles. The van der Waals surface area contributed by atoms with E-state index in [2.05, 4.69) is 6.92 Å². The molecule has 0 radical (unpaired) electrons. The lowest BCUT2D eigenvalue weighted by Gasteiger charge is -2.13. The van der Waals surface area contributed by atoms with Gasteiger partial charge in [-0.2, -0.15) is 0 Å². The molecule has 16 heavy (non-hydrogen) atoms. The zero-order valence-corrected chi connectivity index (χ0v) is 10.4. The zero-order chi connectivity index (χ0) is 12.0. The molecule has 0 aliphatic rings. The van der Waals surface area contributed by atoms with Crippen molar-refractivity contribution in [3.63, 3.8) is 0 Å². The van der Waals surface area contributed by atoms with Gasteiger partial charge in [-0.15, -0.1) is 0 Å². The van der Waals surface area contributed by atoms with Crippen molar-refractivity contribution in [2.75, 3.05) is 6.61 Å². The van der Waals surface area contributed by atoms with Crippen molar-refractivity contribution in [3.05, 3.63) is 24.3 Å². The minimum atomic E-state index is -0.252. The van der Waals surface area contributed by atoms with E-state index in [1.807, 2.05) is 31.2 Å². The topological polar surface area (TPSA) is 44.5 Å². The molecule has 0 fully saturated rings. The Balaban J connectivity index is 2.54. The van der Waals surface area contributed by atoms with Gasteiger partial charge in [0.15, 0.2) is 0 Å². The van der Waals surface area contributed by atoms with E-state index in [1.54, 1.807) is 0 Å². The van der Waals surface area contributed by atoms with Crippen LogP contribution < -0.4 is 15.2 Å². The number of hydrogen-bond acceptors (Lipinski definition) is 3. The third-order valence-corrected chi connectivity index (χ3v) is 2.34. The Bertz CT molecular complexity index is 337. The van der Waals surface area contributed by atoms with E-state index in [0.29, 0.717) is 4.99 Å². The molecule has 1 aromatic carbocycles. The Morgan fingerprint density at radius 1 is 1.31 bits per heavy atom. The van der Waals surface area contributed by atoms with Crippen LogP contribution in [0.3, 0.4) is 0 Å². The van der Waals surface area contributed by atoms with Crippen LogP contribution in [0.15, 0.2) is 24.3 Å². The van der Waals surface area contributed by atoms with Crippen LogP contribution in [-0.4, -0.2) is 17.7 Å². The van der Waals surface area contributed by atoms with Crippen LogP contribution in [0.4, 0.5) is 0 Å². The van der Waals surface area contributed by atoms with Crippen molar-refractivity contribution in [3.8, 4) is 11.5 Å². The van der Waals surface area contributed by atoms with Crippen LogP contribution in [0.2, 0.25) is 0 Å².